The first-order valence-electron chi connectivity index (χ1n) is 7.63. The average molecular weight is 375 g/mol. The van der Waals surface area contributed by atoms with Crippen LogP contribution < -0.4 is 14.8 Å². The lowest BCUT2D eigenvalue weighted by Crippen LogP contribution is -2.37. The van der Waals surface area contributed by atoms with E-state index in [0.29, 0.717) is 22.2 Å². The van der Waals surface area contributed by atoms with Gasteiger partial charge in [-0.3, -0.25) is 19.3 Å². The van der Waals surface area contributed by atoms with Gasteiger partial charge in [0.25, 0.3) is 11.8 Å². The summed E-state index contributed by atoms with van der Waals surface area (Å²) in [4.78, 5) is 37.9. The van der Waals surface area contributed by atoms with Gasteiger partial charge in [0, 0.05) is 12.1 Å². The Balaban J connectivity index is 1.78. The van der Waals surface area contributed by atoms with Gasteiger partial charge in [-0.25, -0.2) is 0 Å². The molecule has 8 heteroatoms. The molecular weight excluding hydrogens is 360 g/mol. The van der Waals surface area contributed by atoms with Crippen molar-refractivity contribution in [2.75, 3.05) is 26.1 Å². The highest BCUT2D eigenvalue weighted by Crippen LogP contribution is 2.36. The van der Waals surface area contributed by atoms with Gasteiger partial charge in [-0.1, -0.05) is 23.7 Å². The van der Waals surface area contributed by atoms with Crippen LogP contribution in [0.15, 0.2) is 36.4 Å². The first kappa shape index (κ1) is 17.8. The van der Waals surface area contributed by atoms with E-state index in [0.717, 1.165) is 4.90 Å². The van der Waals surface area contributed by atoms with Gasteiger partial charge in [0.05, 0.1) is 36.1 Å². The van der Waals surface area contributed by atoms with E-state index in [9.17, 15) is 14.4 Å². The molecule has 3 rings (SSSR count). The lowest BCUT2D eigenvalue weighted by Gasteiger charge is -2.16. The molecule has 0 saturated heterocycles. The topological polar surface area (TPSA) is 84.9 Å². The third-order valence-electron chi connectivity index (χ3n) is 3.93. The van der Waals surface area contributed by atoms with Crippen molar-refractivity contribution in [2.45, 2.75) is 0 Å². The number of fused-ring (bicyclic) bond motifs is 1. The summed E-state index contributed by atoms with van der Waals surface area (Å²) in [7, 11) is 2.87. The van der Waals surface area contributed by atoms with Crippen LogP contribution in [0.3, 0.4) is 0 Å². The van der Waals surface area contributed by atoms with E-state index in [4.69, 9.17) is 21.1 Å². The van der Waals surface area contributed by atoms with Gasteiger partial charge in [0.1, 0.15) is 18.0 Å². The molecule has 1 aliphatic heterocycles. The highest BCUT2D eigenvalue weighted by molar-refractivity contribution is 6.32. The number of nitrogens with zero attached hydrogens (tertiary/aromatic N) is 1. The van der Waals surface area contributed by atoms with E-state index in [1.54, 1.807) is 24.3 Å². The van der Waals surface area contributed by atoms with Crippen molar-refractivity contribution in [3.63, 3.8) is 0 Å². The van der Waals surface area contributed by atoms with Crippen LogP contribution in [0.2, 0.25) is 5.02 Å². The molecular formula is C18H15ClN2O5. The third kappa shape index (κ3) is 3.09. The number of hydrogen-bond acceptors (Lipinski definition) is 5. The molecule has 0 spiro atoms. The van der Waals surface area contributed by atoms with Crippen LogP contribution in [-0.2, 0) is 4.79 Å². The minimum atomic E-state index is -0.554. The second-order valence-corrected chi connectivity index (χ2v) is 5.88. The van der Waals surface area contributed by atoms with Crippen molar-refractivity contribution < 1.29 is 23.9 Å². The van der Waals surface area contributed by atoms with Gasteiger partial charge in [0.15, 0.2) is 0 Å². The number of rotatable bonds is 5. The number of carbonyl (C=O) groups excluding carboxylic acids is 3. The van der Waals surface area contributed by atoms with Crippen LogP contribution in [0, 0.1) is 0 Å². The largest absolute Gasteiger partial charge is 0.495 e. The molecule has 0 bridgehead atoms. The average Bonchev–Trinajstić information content (AvgIpc) is 2.88. The maximum Gasteiger partial charge on any atom is 0.262 e. The Morgan fingerprint density at radius 1 is 1.04 bits per heavy atom. The van der Waals surface area contributed by atoms with E-state index in [1.165, 1.54) is 26.4 Å². The number of imide groups is 1. The zero-order valence-corrected chi connectivity index (χ0v) is 14.8. The van der Waals surface area contributed by atoms with Gasteiger partial charge in [0.2, 0.25) is 5.91 Å². The molecule has 0 saturated carbocycles. The number of halogens is 1. The second-order valence-electron chi connectivity index (χ2n) is 5.48. The molecule has 1 heterocycles. The van der Waals surface area contributed by atoms with Crippen LogP contribution in [0.4, 0.5) is 5.69 Å². The fourth-order valence-electron chi connectivity index (χ4n) is 2.67. The number of nitrogens with one attached hydrogen (secondary N) is 1. The van der Waals surface area contributed by atoms with Gasteiger partial charge in [-0.15, -0.1) is 0 Å². The zero-order chi connectivity index (χ0) is 18.8. The van der Waals surface area contributed by atoms with Crippen molar-refractivity contribution >= 4 is 35.0 Å². The van der Waals surface area contributed by atoms with Crippen LogP contribution in [0.1, 0.15) is 20.7 Å². The van der Waals surface area contributed by atoms with E-state index >= 15 is 0 Å². The number of hydrogen-bond donors (Lipinski definition) is 1. The maximum absolute atomic E-state index is 12.4. The predicted octanol–water partition coefficient (Wildman–Crippen LogP) is 2.59. The van der Waals surface area contributed by atoms with Gasteiger partial charge >= 0.3 is 0 Å². The number of amides is 3. The zero-order valence-electron chi connectivity index (χ0n) is 14.0. The molecule has 3 amide bonds. The summed E-state index contributed by atoms with van der Waals surface area (Å²) in [5.41, 5.74) is 0.891. The van der Waals surface area contributed by atoms with E-state index < -0.39 is 24.3 Å². The summed E-state index contributed by atoms with van der Waals surface area (Å²) in [6, 6.07) is 9.44. The predicted molar refractivity (Wildman–Crippen MR) is 95.0 cm³/mol. The summed E-state index contributed by atoms with van der Waals surface area (Å²) < 4.78 is 10.3. The molecule has 2 aromatic carbocycles. The summed E-state index contributed by atoms with van der Waals surface area (Å²) in [6.45, 7) is -0.416. The number of methoxy groups -OCH3 is 2. The molecule has 26 heavy (non-hydrogen) atoms. The number of carbonyl (C=O) groups is 3. The van der Waals surface area contributed by atoms with Crippen molar-refractivity contribution in [3.8, 4) is 11.5 Å². The fourth-order valence-corrected chi connectivity index (χ4v) is 2.91. The molecule has 2 aromatic rings. The first-order valence-corrected chi connectivity index (χ1v) is 8.00. The molecule has 7 nitrogen and oxygen atoms in total. The Kier molecular flexibility index (Phi) is 4.81. The van der Waals surface area contributed by atoms with Crippen LogP contribution in [0.25, 0.3) is 0 Å². The van der Waals surface area contributed by atoms with Gasteiger partial charge < -0.3 is 14.8 Å². The first-order chi connectivity index (χ1) is 12.5. The van der Waals surface area contributed by atoms with Crippen molar-refractivity contribution in [1.82, 2.24) is 4.90 Å². The molecule has 0 fully saturated rings. The molecule has 0 unspecified atom stereocenters. The molecule has 0 atom stereocenters. The second kappa shape index (κ2) is 7.05. The van der Waals surface area contributed by atoms with E-state index in [-0.39, 0.29) is 11.1 Å². The van der Waals surface area contributed by atoms with Gasteiger partial charge in [-0.05, 0) is 12.1 Å². The van der Waals surface area contributed by atoms with Crippen LogP contribution in [-0.4, -0.2) is 43.4 Å². The number of anilines is 1. The Labute approximate surface area is 154 Å². The number of benzene rings is 2. The standard InChI is InChI=1S/C18H15ClN2O5/c1-25-14-8-13(15(26-2)7-12(14)19)20-16(22)9-21-17(23)10-5-3-4-6-11(10)18(21)24/h3-8H,9H2,1-2H3,(H,20,22). The monoisotopic (exact) mass is 374 g/mol. The maximum atomic E-state index is 12.4. The fraction of sp³-hybridized carbons (Fsp3) is 0.167. The Bertz CT molecular complexity index is 877. The van der Waals surface area contributed by atoms with Crippen molar-refractivity contribution in [2.24, 2.45) is 0 Å². The van der Waals surface area contributed by atoms with Crippen molar-refractivity contribution in [1.29, 1.82) is 0 Å². The minimum Gasteiger partial charge on any atom is -0.495 e. The minimum absolute atomic E-state index is 0.288. The summed E-state index contributed by atoms with van der Waals surface area (Å²) in [5.74, 6) is -0.875. The van der Waals surface area contributed by atoms with E-state index in [2.05, 4.69) is 5.32 Å². The quantitative estimate of drug-likeness (QED) is 0.813. The van der Waals surface area contributed by atoms with E-state index in [1.807, 2.05) is 0 Å². The third-order valence-corrected chi connectivity index (χ3v) is 4.22. The molecule has 1 N–H and O–H groups in total. The van der Waals surface area contributed by atoms with Crippen LogP contribution in [0.5, 0.6) is 11.5 Å². The molecule has 134 valence electrons. The Hall–Kier alpha value is -3.06. The molecule has 0 radical (unpaired) electrons. The Morgan fingerprint density at radius 3 is 2.15 bits per heavy atom. The highest BCUT2D eigenvalue weighted by Gasteiger charge is 2.36. The van der Waals surface area contributed by atoms with Crippen molar-refractivity contribution in [3.05, 3.63) is 52.5 Å². The Morgan fingerprint density at radius 2 is 1.62 bits per heavy atom. The molecule has 1 aliphatic rings. The SMILES string of the molecule is COc1cc(NC(=O)CN2C(=O)c3ccccc3C2=O)c(OC)cc1Cl. The molecule has 0 aliphatic carbocycles. The summed E-state index contributed by atoms with van der Waals surface area (Å²) >= 11 is 6.03. The number of ether oxygens (including phenoxy) is 2. The molecule has 0 aromatic heterocycles. The smallest absolute Gasteiger partial charge is 0.262 e. The lowest BCUT2D eigenvalue weighted by atomic mass is 10.1. The summed E-state index contributed by atoms with van der Waals surface area (Å²) in [6.07, 6.45) is 0. The normalized spacial score (nSPS) is 12.8. The summed E-state index contributed by atoms with van der Waals surface area (Å²) in [5, 5.41) is 2.93. The van der Waals surface area contributed by atoms with Crippen LogP contribution >= 0.6 is 11.6 Å². The lowest BCUT2D eigenvalue weighted by molar-refractivity contribution is -0.116. The van der Waals surface area contributed by atoms with Gasteiger partial charge in [-0.2, -0.15) is 0 Å². The highest BCUT2D eigenvalue weighted by atomic mass is 35.5.